The first-order chi connectivity index (χ1) is 19.2. The van der Waals surface area contributed by atoms with Gasteiger partial charge in [0.1, 0.15) is 11.3 Å². The number of carbonyl (C=O) groups is 2. The van der Waals surface area contributed by atoms with E-state index >= 15 is 0 Å². The van der Waals surface area contributed by atoms with Gasteiger partial charge in [-0.15, -0.1) is 0 Å². The molecule has 1 heterocycles. The molecule has 1 atom stereocenters. The highest BCUT2D eigenvalue weighted by molar-refractivity contribution is 6.09. The summed E-state index contributed by atoms with van der Waals surface area (Å²) in [6.45, 7) is 10.1. The molecule has 2 aromatic carbocycles. The number of carboxylic acids is 1. The lowest BCUT2D eigenvalue weighted by molar-refractivity contribution is -0.409. The molecule has 0 fully saturated rings. The number of hydrogen-bond donors (Lipinski definition) is 4. The molecule has 0 radical (unpaired) electrons. The maximum Gasteiger partial charge on any atom is 0.362 e. The van der Waals surface area contributed by atoms with Crippen molar-refractivity contribution in [3.05, 3.63) is 70.6 Å². The van der Waals surface area contributed by atoms with Gasteiger partial charge in [0.15, 0.2) is 6.04 Å². The molecule has 6 N–H and O–H groups in total. The molecule has 0 bridgehead atoms. The van der Waals surface area contributed by atoms with Crippen LogP contribution in [0.2, 0.25) is 0 Å². The Balaban J connectivity index is 1.81. The molecule has 1 amide bonds. The number of fused-ring (bicyclic) bond motifs is 2. The van der Waals surface area contributed by atoms with Crippen molar-refractivity contribution in [2.24, 2.45) is 4.99 Å². The number of nitrogens with one attached hydrogen (secondary N) is 2. The number of hydrogen-bond acceptors (Lipinski definition) is 5. The minimum Gasteiger partial charge on any atom is -0.477 e. The Kier molecular flexibility index (Phi) is 9.22. The van der Waals surface area contributed by atoms with Gasteiger partial charge in [0.2, 0.25) is 0 Å². The van der Waals surface area contributed by atoms with Crippen LogP contribution in [0.25, 0.3) is 33.4 Å². The van der Waals surface area contributed by atoms with Gasteiger partial charge in [-0.25, -0.2) is 4.79 Å². The van der Waals surface area contributed by atoms with Crippen molar-refractivity contribution >= 4 is 28.5 Å². The largest absolute Gasteiger partial charge is 0.477 e. The Hall–Kier alpha value is -4.17. The Labute approximate surface area is 234 Å². The quantitative estimate of drug-likeness (QED) is 0.160. The van der Waals surface area contributed by atoms with Gasteiger partial charge in [0.05, 0.1) is 5.36 Å². The number of carboxylic acid groups (broad SMARTS) is 1. The van der Waals surface area contributed by atoms with Crippen LogP contribution in [0.3, 0.4) is 0 Å². The summed E-state index contributed by atoms with van der Waals surface area (Å²) in [7, 11) is 0. The number of carbonyl (C=O) groups excluding carboxylic acids is 1. The van der Waals surface area contributed by atoms with E-state index in [1.54, 1.807) is 0 Å². The molecule has 2 aromatic rings. The van der Waals surface area contributed by atoms with Crippen molar-refractivity contribution in [3.63, 3.8) is 0 Å². The van der Waals surface area contributed by atoms with Crippen LogP contribution < -0.4 is 21.7 Å². The number of anilines is 1. The molecule has 0 spiro atoms. The van der Waals surface area contributed by atoms with E-state index in [0.717, 1.165) is 56.4 Å². The highest BCUT2D eigenvalue weighted by atomic mass is 16.4. The summed E-state index contributed by atoms with van der Waals surface area (Å²) in [4.78, 5) is 29.1. The average molecular weight is 544 g/mol. The smallest absolute Gasteiger partial charge is 0.362 e. The molecule has 1 aliphatic heterocycles. The molecule has 8 nitrogen and oxygen atoms in total. The Morgan fingerprint density at radius 3 is 2.52 bits per heavy atom. The Bertz CT molecular complexity index is 1570. The third-order valence-electron chi connectivity index (χ3n) is 7.13. The van der Waals surface area contributed by atoms with Gasteiger partial charge in [0.25, 0.3) is 5.91 Å². The van der Waals surface area contributed by atoms with E-state index in [4.69, 9.17) is 9.52 Å². The first kappa shape index (κ1) is 28.8. The van der Waals surface area contributed by atoms with Crippen molar-refractivity contribution in [3.8, 4) is 22.5 Å². The topological polar surface area (TPSA) is 132 Å². The third kappa shape index (κ3) is 6.18. The number of aryl methyl sites for hydroxylation is 2. The second-order valence-electron chi connectivity index (χ2n) is 10.1. The zero-order valence-electron chi connectivity index (χ0n) is 23.8. The summed E-state index contributed by atoms with van der Waals surface area (Å²) in [6.07, 6.45) is 1.83. The van der Waals surface area contributed by atoms with Crippen molar-refractivity contribution in [2.45, 2.75) is 53.0 Å². The normalized spacial score (nSPS) is 12.6. The minimum atomic E-state index is -0.898. The number of aliphatic carboxylic acids is 1. The highest BCUT2D eigenvalue weighted by Crippen LogP contribution is 2.42. The van der Waals surface area contributed by atoms with E-state index in [-0.39, 0.29) is 5.91 Å². The first-order valence-corrected chi connectivity index (χ1v) is 13.9. The van der Waals surface area contributed by atoms with E-state index in [1.807, 2.05) is 50.2 Å². The van der Waals surface area contributed by atoms with Crippen molar-refractivity contribution in [1.29, 1.82) is 0 Å². The lowest BCUT2D eigenvalue weighted by Crippen LogP contribution is -2.64. The molecule has 0 unspecified atom stereocenters. The Morgan fingerprint density at radius 1 is 1.02 bits per heavy atom. The molecule has 0 saturated carbocycles. The fourth-order valence-electron chi connectivity index (χ4n) is 5.04. The molecule has 0 aromatic heterocycles. The minimum absolute atomic E-state index is 0.169. The lowest BCUT2D eigenvalue weighted by Gasteiger charge is -2.20. The van der Waals surface area contributed by atoms with E-state index in [1.165, 1.54) is 0 Å². The number of benzene rings is 3. The van der Waals surface area contributed by atoms with E-state index < -0.39 is 12.0 Å². The molecular weight excluding hydrogens is 504 g/mol. The zero-order valence-corrected chi connectivity index (χ0v) is 23.8. The van der Waals surface area contributed by atoms with Crippen molar-refractivity contribution in [2.75, 3.05) is 25.0 Å². The van der Waals surface area contributed by atoms with Gasteiger partial charge in [-0.2, -0.15) is 0 Å². The molecule has 1 aliphatic carbocycles. The van der Waals surface area contributed by atoms with Gasteiger partial charge in [0, 0.05) is 66.0 Å². The van der Waals surface area contributed by atoms with Crippen LogP contribution in [0.5, 0.6) is 0 Å². The van der Waals surface area contributed by atoms with Gasteiger partial charge in [-0.3, -0.25) is 9.79 Å². The van der Waals surface area contributed by atoms with Gasteiger partial charge in [-0.1, -0.05) is 18.2 Å². The fourth-order valence-corrected chi connectivity index (χ4v) is 5.04. The number of unbranched alkanes of at least 4 members (excludes halogenated alkanes) is 1. The van der Waals surface area contributed by atoms with Gasteiger partial charge >= 0.3 is 5.97 Å². The summed E-state index contributed by atoms with van der Waals surface area (Å²) in [5, 5.41) is 17.3. The van der Waals surface area contributed by atoms with Crippen molar-refractivity contribution < 1.29 is 24.8 Å². The number of quaternary nitrogens is 1. The zero-order chi connectivity index (χ0) is 28.8. The maximum atomic E-state index is 13.5. The lowest BCUT2D eigenvalue weighted by atomic mass is 9.89. The van der Waals surface area contributed by atoms with Gasteiger partial charge in [-0.05, 0) is 75.4 Å². The summed E-state index contributed by atoms with van der Waals surface area (Å²) in [5.74, 6) is -0.356. The second kappa shape index (κ2) is 12.8. The van der Waals surface area contributed by atoms with Crippen LogP contribution in [-0.2, 0) is 4.79 Å². The van der Waals surface area contributed by atoms with Crippen LogP contribution >= 0.6 is 0 Å². The SMILES string of the molecule is CCN=c1cc2oc3cc(NCC)c(C)cc3c(-c3ccccc3C(=O)NCCCC[C@H]([NH3+])C(=O)O)c-2cc1C. The van der Waals surface area contributed by atoms with Crippen LogP contribution in [0.1, 0.15) is 54.6 Å². The molecule has 4 rings (SSSR count). The number of amides is 1. The summed E-state index contributed by atoms with van der Waals surface area (Å²) < 4.78 is 6.47. The standard InChI is InChI=1S/C32H38N4O4/c1-5-34-26-17-28-23(15-19(26)3)30(24-16-20(4)27(35-6-2)18-29(24)40-28)21-11-7-8-12-22(21)31(37)36-14-10-9-13-25(33)32(38)39/h7-8,11-12,15-18,25,34H,5-6,9-10,13-14,33H2,1-4H3,(H,36,37)(H,38,39)/p+1/t25-/m0/s1. The predicted octanol–water partition coefficient (Wildman–Crippen LogP) is 4.77. The van der Waals surface area contributed by atoms with Crippen LogP contribution in [-0.4, -0.2) is 42.7 Å². The second-order valence-corrected chi connectivity index (χ2v) is 10.1. The molecule has 8 heteroatoms. The first-order valence-electron chi connectivity index (χ1n) is 13.9. The molecule has 0 saturated heterocycles. The summed E-state index contributed by atoms with van der Waals surface area (Å²) in [5.41, 5.74) is 10.8. The molecule has 2 aliphatic rings. The van der Waals surface area contributed by atoms with Crippen molar-refractivity contribution in [1.82, 2.24) is 5.32 Å². The van der Waals surface area contributed by atoms with E-state index in [9.17, 15) is 9.59 Å². The predicted molar refractivity (Wildman–Crippen MR) is 159 cm³/mol. The van der Waals surface area contributed by atoms with E-state index in [0.29, 0.717) is 43.7 Å². The van der Waals surface area contributed by atoms with Crippen LogP contribution in [0.15, 0.2) is 57.9 Å². The fraction of sp³-hybridized carbons (Fsp3) is 0.344. The third-order valence-corrected chi connectivity index (χ3v) is 7.13. The monoisotopic (exact) mass is 543 g/mol. The number of rotatable bonds is 11. The molecular formula is C32H39N4O4+. The number of nitrogens with zero attached hydrogens (tertiary/aromatic N) is 1. The highest BCUT2D eigenvalue weighted by Gasteiger charge is 2.23. The molecule has 210 valence electrons. The summed E-state index contributed by atoms with van der Waals surface area (Å²) >= 11 is 0. The van der Waals surface area contributed by atoms with E-state index in [2.05, 4.69) is 47.3 Å². The maximum absolute atomic E-state index is 13.5. The Morgan fingerprint density at radius 2 is 1.80 bits per heavy atom. The van der Waals surface area contributed by atoms with Crippen LogP contribution in [0.4, 0.5) is 5.69 Å². The van der Waals surface area contributed by atoms with Gasteiger partial charge < -0.3 is 25.9 Å². The molecule has 40 heavy (non-hydrogen) atoms. The summed E-state index contributed by atoms with van der Waals surface area (Å²) in [6, 6.07) is 15.2. The average Bonchev–Trinajstić information content (AvgIpc) is 2.93. The van der Waals surface area contributed by atoms with Crippen LogP contribution in [0, 0.1) is 13.8 Å².